The molecule has 0 radical (unpaired) electrons. The normalized spacial score (nSPS) is 24.0. The van der Waals surface area contributed by atoms with Gasteiger partial charge in [-0.05, 0) is 25.4 Å². The van der Waals surface area contributed by atoms with E-state index in [4.69, 9.17) is 10.1 Å². The van der Waals surface area contributed by atoms with Crippen molar-refractivity contribution in [1.29, 1.82) is 0 Å². The predicted octanol–water partition coefficient (Wildman–Crippen LogP) is -0.652. The number of rotatable bonds is 2. The average molecular weight is 236 g/mol. The van der Waals surface area contributed by atoms with E-state index in [0.29, 0.717) is 11.4 Å². The lowest BCUT2D eigenvalue weighted by molar-refractivity contribution is -0.142. The van der Waals surface area contributed by atoms with Crippen molar-refractivity contribution in [2.75, 3.05) is 0 Å². The SMILES string of the molecule is BC1CC(C)ON=C(c2ccnnc2OO)N1. The third-order valence-corrected chi connectivity index (χ3v) is 2.42. The Kier molecular flexibility index (Phi) is 3.43. The molecule has 1 aliphatic heterocycles. The van der Waals surface area contributed by atoms with Gasteiger partial charge in [-0.2, -0.15) is 5.10 Å². The Morgan fingerprint density at radius 3 is 3.24 bits per heavy atom. The minimum Gasteiger partial charge on any atom is -0.391 e. The molecule has 0 aliphatic carbocycles. The second kappa shape index (κ2) is 5.00. The van der Waals surface area contributed by atoms with Crippen molar-refractivity contribution in [3.63, 3.8) is 0 Å². The number of nitrogens with one attached hydrogen (secondary N) is 1. The molecule has 0 saturated heterocycles. The van der Waals surface area contributed by atoms with Crippen LogP contribution in [0.25, 0.3) is 0 Å². The second-order valence-corrected chi connectivity index (χ2v) is 3.98. The summed E-state index contributed by atoms with van der Waals surface area (Å²) in [5.74, 6) is 0.663. The molecule has 1 aliphatic rings. The lowest BCUT2D eigenvalue weighted by Gasteiger charge is -2.13. The zero-order valence-corrected chi connectivity index (χ0v) is 9.62. The van der Waals surface area contributed by atoms with Crippen LogP contribution in [0.5, 0.6) is 5.88 Å². The minimum atomic E-state index is -0.0101. The van der Waals surface area contributed by atoms with Gasteiger partial charge >= 0.3 is 0 Å². The molecule has 90 valence electrons. The van der Waals surface area contributed by atoms with Gasteiger partial charge in [0, 0.05) is 0 Å². The maximum atomic E-state index is 8.71. The van der Waals surface area contributed by atoms with Gasteiger partial charge in [-0.1, -0.05) is 5.16 Å². The zero-order valence-electron chi connectivity index (χ0n) is 9.62. The molecule has 2 atom stereocenters. The first-order valence-corrected chi connectivity index (χ1v) is 5.34. The van der Waals surface area contributed by atoms with Crippen molar-refractivity contribution in [2.24, 2.45) is 5.16 Å². The Labute approximate surface area is 99.2 Å². The summed E-state index contributed by atoms with van der Waals surface area (Å²) >= 11 is 0. The average Bonchev–Trinajstić information content (AvgIpc) is 2.50. The largest absolute Gasteiger partial charge is 0.391 e. The molecule has 2 N–H and O–H groups in total. The van der Waals surface area contributed by atoms with Crippen LogP contribution in [0.3, 0.4) is 0 Å². The third kappa shape index (κ3) is 2.65. The number of oxime groups is 1. The van der Waals surface area contributed by atoms with Crippen molar-refractivity contribution >= 4 is 13.7 Å². The van der Waals surface area contributed by atoms with Gasteiger partial charge in [-0.15, -0.1) is 5.10 Å². The molecule has 2 rings (SSSR count). The van der Waals surface area contributed by atoms with Gasteiger partial charge in [-0.3, -0.25) is 0 Å². The molecule has 0 amide bonds. The summed E-state index contributed by atoms with van der Waals surface area (Å²) in [5.41, 5.74) is 0.503. The summed E-state index contributed by atoms with van der Waals surface area (Å²) in [7, 11) is 2.02. The van der Waals surface area contributed by atoms with Gasteiger partial charge in [-0.25, -0.2) is 5.26 Å². The van der Waals surface area contributed by atoms with Crippen LogP contribution in [-0.4, -0.2) is 41.2 Å². The van der Waals surface area contributed by atoms with Crippen LogP contribution in [0.1, 0.15) is 18.9 Å². The van der Waals surface area contributed by atoms with E-state index in [2.05, 4.69) is 25.6 Å². The molecule has 8 heteroatoms. The van der Waals surface area contributed by atoms with Gasteiger partial charge in [0.05, 0.1) is 11.8 Å². The van der Waals surface area contributed by atoms with Gasteiger partial charge in [0.25, 0.3) is 5.88 Å². The maximum Gasteiger partial charge on any atom is 0.285 e. The van der Waals surface area contributed by atoms with Crippen molar-refractivity contribution in [2.45, 2.75) is 25.4 Å². The highest BCUT2D eigenvalue weighted by Gasteiger charge is 2.20. The van der Waals surface area contributed by atoms with Crippen LogP contribution in [0.15, 0.2) is 17.4 Å². The summed E-state index contributed by atoms with van der Waals surface area (Å²) in [5, 5.41) is 23.1. The molecule has 0 bridgehead atoms. The summed E-state index contributed by atoms with van der Waals surface area (Å²) in [4.78, 5) is 9.43. The van der Waals surface area contributed by atoms with E-state index in [-0.39, 0.29) is 17.9 Å². The Morgan fingerprint density at radius 2 is 2.47 bits per heavy atom. The highest BCUT2D eigenvalue weighted by molar-refractivity contribution is 6.14. The fraction of sp³-hybridized carbons (Fsp3) is 0.444. The van der Waals surface area contributed by atoms with Crippen LogP contribution in [0.4, 0.5) is 0 Å². The summed E-state index contributed by atoms with van der Waals surface area (Å²) in [6, 6.07) is 1.64. The van der Waals surface area contributed by atoms with Crippen molar-refractivity contribution in [3.05, 3.63) is 17.8 Å². The monoisotopic (exact) mass is 236 g/mol. The van der Waals surface area contributed by atoms with E-state index in [1.165, 1.54) is 6.20 Å². The second-order valence-electron chi connectivity index (χ2n) is 3.98. The minimum absolute atomic E-state index is 0.0101. The van der Waals surface area contributed by atoms with E-state index >= 15 is 0 Å². The number of hydrogen-bond acceptors (Lipinski definition) is 7. The summed E-state index contributed by atoms with van der Waals surface area (Å²) in [6.07, 6.45) is 2.35. The van der Waals surface area contributed by atoms with Crippen molar-refractivity contribution in [1.82, 2.24) is 15.5 Å². The van der Waals surface area contributed by atoms with E-state index in [0.717, 1.165) is 6.42 Å². The molecule has 0 spiro atoms. The summed E-state index contributed by atoms with van der Waals surface area (Å²) < 4.78 is 0. The van der Waals surface area contributed by atoms with E-state index < -0.39 is 0 Å². The molecule has 7 nitrogen and oxygen atoms in total. The van der Waals surface area contributed by atoms with Crippen molar-refractivity contribution in [3.8, 4) is 5.88 Å². The Morgan fingerprint density at radius 1 is 1.65 bits per heavy atom. The molecule has 2 heterocycles. The first-order valence-electron chi connectivity index (χ1n) is 5.34. The van der Waals surface area contributed by atoms with Crippen LogP contribution in [0, 0.1) is 0 Å². The van der Waals surface area contributed by atoms with E-state index in [1.54, 1.807) is 6.07 Å². The third-order valence-electron chi connectivity index (χ3n) is 2.42. The lowest BCUT2D eigenvalue weighted by Crippen LogP contribution is -2.35. The standard InChI is InChI=1S/C9H13BN4O3/c1-5-4-7(10)12-8(14-16-5)6-2-3-11-13-9(6)17-15/h2-3,5,7,15H,4,10H2,1H3,(H,12,14). The maximum absolute atomic E-state index is 8.71. The van der Waals surface area contributed by atoms with Gasteiger partial charge in [0.15, 0.2) is 5.84 Å². The highest BCUT2D eigenvalue weighted by atomic mass is 17.1. The van der Waals surface area contributed by atoms with Gasteiger partial charge < -0.3 is 15.0 Å². The van der Waals surface area contributed by atoms with Crippen molar-refractivity contribution < 1.29 is 15.0 Å². The smallest absolute Gasteiger partial charge is 0.285 e. The molecule has 1 aromatic rings. The first-order chi connectivity index (χ1) is 8.20. The van der Waals surface area contributed by atoms with Gasteiger partial charge in [0.2, 0.25) is 0 Å². The molecule has 0 saturated carbocycles. The highest BCUT2D eigenvalue weighted by Crippen LogP contribution is 2.15. The number of hydrogen-bond donors (Lipinski definition) is 2. The Balaban J connectivity index is 2.31. The molecule has 17 heavy (non-hydrogen) atoms. The molecule has 0 aromatic carbocycles. The molecular weight excluding hydrogens is 223 g/mol. The van der Waals surface area contributed by atoms with Crippen LogP contribution in [0.2, 0.25) is 0 Å². The quantitative estimate of drug-likeness (QED) is 0.403. The number of amidine groups is 1. The predicted molar refractivity (Wildman–Crippen MR) is 62.5 cm³/mol. The fourth-order valence-corrected chi connectivity index (χ4v) is 1.70. The van der Waals surface area contributed by atoms with Crippen LogP contribution in [-0.2, 0) is 4.84 Å². The molecule has 0 fully saturated rings. The summed E-state index contributed by atoms with van der Waals surface area (Å²) in [6.45, 7) is 1.94. The van der Waals surface area contributed by atoms with Gasteiger partial charge in [0.1, 0.15) is 14.0 Å². The zero-order chi connectivity index (χ0) is 12.3. The topological polar surface area (TPSA) is 88.9 Å². The fourth-order valence-electron chi connectivity index (χ4n) is 1.70. The number of nitrogens with zero attached hydrogens (tertiary/aromatic N) is 3. The first kappa shape index (κ1) is 11.7. The van der Waals surface area contributed by atoms with E-state index in [9.17, 15) is 0 Å². The van der Waals surface area contributed by atoms with Crippen LogP contribution < -0.4 is 10.2 Å². The Bertz CT molecular complexity index is 428. The number of aromatic nitrogens is 2. The van der Waals surface area contributed by atoms with E-state index in [1.807, 2.05) is 14.8 Å². The lowest BCUT2D eigenvalue weighted by atomic mass is 9.91. The molecule has 2 unspecified atom stereocenters. The molecular formula is C9H13BN4O3. The van der Waals surface area contributed by atoms with Crippen LogP contribution >= 0.6 is 0 Å². The molecule has 1 aromatic heterocycles. The Hall–Kier alpha value is -1.83.